The lowest BCUT2D eigenvalue weighted by Crippen LogP contribution is -2.53. The van der Waals surface area contributed by atoms with Crippen LogP contribution in [0.3, 0.4) is 0 Å². The molecule has 1 heterocycles. The van der Waals surface area contributed by atoms with E-state index in [0.29, 0.717) is 24.4 Å². The highest BCUT2D eigenvalue weighted by Gasteiger charge is 2.28. The minimum absolute atomic E-state index is 0. The van der Waals surface area contributed by atoms with Gasteiger partial charge in [0.05, 0.1) is 12.7 Å². The molecular weight excluding hydrogens is 306 g/mol. The summed E-state index contributed by atoms with van der Waals surface area (Å²) in [6.45, 7) is 3.13. The maximum Gasteiger partial charge on any atom is 0.253 e. The van der Waals surface area contributed by atoms with E-state index < -0.39 is 0 Å². The molecule has 1 fully saturated rings. The number of amides is 2. The molecular formula is C15H22ClN3O3. The summed E-state index contributed by atoms with van der Waals surface area (Å²) in [6.07, 6.45) is -0.176. The molecule has 0 saturated carbocycles. The van der Waals surface area contributed by atoms with Crippen LogP contribution in [-0.4, -0.2) is 56.1 Å². The summed E-state index contributed by atoms with van der Waals surface area (Å²) in [7, 11) is 3.39. The highest BCUT2D eigenvalue weighted by Crippen LogP contribution is 2.14. The van der Waals surface area contributed by atoms with Crippen molar-refractivity contribution in [1.29, 1.82) is 0 Å². The van der Waals surface area contributed by atoms with E-state index in [0.717, 1.165) is 0 Å². The lowest BCUT2D eigenvalue weighted by molar-refractivity contribution is -0.123. The topological polar surface area (TPSA) is 70.7 Å². The number of carbonyl (C=O) groups excluding carboxylic acids is 2. The summed E-state index contributed by atoms with van der Waals surface area (Å²) in [5.41, 5.74) is 1.14. The van der Waals surface area contributed by atoms with Crippen LogP contribution >= 0.6 is 12.4 Å². The largest absolute Gasteiger partial charge is 0.375 e. The summed E-state index contributed by atoms with van der Waals surface area (Å²) in [4.78, 5) is 25.7. The van der Waals surface area contributed by atoms with Gasteiger partial charge in [0.2, 0.25) is 5.91 Å². The predicted molar refractivity (Wildman–Crippen MR) is 87.5 cm³/mol. The van der Waals surface area contributed by atoms with Gasteiger partial charge in [-0.3, -0.25) is 9.59 Å². The molecule has 0 aliphatic carbocycles. The van der Waals surface area contributed by atoms with Crippen molar-refractivity contribution in [3.63, 3.8) is 0 Å². The highest BCUT2D eigenvalue weighted by molar-refractivity contribution is 5.98. The van der Waals surface area contributed by atoms with Crippen LogP contribution in [0.15, 0.2) is 24.3 Å². The van der Waals surface area contributed by atoms with Gasteiger partial charge in [-0.25, -0.2) is 0 Å². The molecule has 1 aliphatic heterocycles. The van der Waals surface area contributed by atoms with Crippen molar-refractivity contribution in [2.75, 3.05) is 32.6 Å². The molecule has 1 aromatic carbocycles. The maximum absolute atomic E-state index is 12.2. The molecule has 2 rings (SSSR count). The first-order chi connectivity index (χ1) is 9.99. The van der Waals surface area contributed by atoms with Gasteiger partial charge in [-0.2, -0.15) is 0 Å². The third kappa shape index (κ3) is 4.43. The van der Waals surface area contributed by atoms with Crippen molar-refractivity contribution in [2.45, 2.75) is 19.1 Å². The van der Waals surface area contributed by atoms with Crippen molar-refractivity contribution in [3.8, 4) is 0 Å². The van der Waals surface area contributed by atoms with Gasteiger partial charge < -0.3 is 20.3 Å². The number of anilines is 1. The highest BCUT2D eigenvalue weighted by atomic mass is 35.5. The Morgan fingerprint density at radius 2 is 2.09 bits per heavy atom. The number of carbonyl (C=O) groups is 2. The number of morpholine rings is 1. The summed E-state index contributed by atoms with van der Waals surface area (Å²) in [5, 5.41) is 5.96. The molecule has 122 valence electrons. The number of ether oxygens (including phenoxy) is 1. The van der Waals surface area contributed by atoms with Crippen LogP contribution in [-0.2, 0) is 9.53 Å². The lowest BCUT2D eigenvalue weighted by atomic mass is 10.1. The molecule has 2 N–H and O–H groups in total. The number of nitrogens with zero attached hydrogens (tertiary/aromatic N) is 1. The first kappa shape index (κ1) is 18.4. The fourth-order valence-corrected chi connectivity index (χ4v) is 2.24. The molecule has 1 saturated heterocycles. The Bertz CT molecular complexity index is 537. The Balaban J connectivity index is 0.00000242. The summed E-state index contributed by atoms with van der Waals surface area (Å²) in [6, 6.07) is 6.53. The smallest absolute Gasteiger partial charge is 0.253 e. The number of benzene rings is 1. The van der Waals surface area contributed by atoms with E-state index in [1.165, 1.54) is 4.90 Å². The van der Waals surface area contributed by atoms with Crippen LogP contribution in [0.2, 0.25) is 0 Å². The van der Waals surface area contributed by atoms with Crippen LogP contribution in [0.1, 0.15) is 17.3 Å². The summed E-state index contributed by atoms with van der Waals surface area (Å²) >= 11 is 0. The molecule has 7 heteroatoms. The van der Waals surface area contributed by atoms with Gasteiger partial charge in [0, 0.05) is 31.9 Å². The minimum atomic E-state index is -0.382. The fraction of sp³-hybridized carbons (Fsp3) is 0.467. The maximum atomic E-state index is 12.2. The van der Waals surface area contributed by atoms with Gasteiger partial charge in [0.1, 0.15) is 6.04 Å². The van der Waals surface area contributed by atoms with E-state index in [9.17, 15) is 9.59 Å². The third-order valence-corrected chi connectivity index (χ3v) is 3.38. The van der Waals surface area contributed by atoms with Crippen molar-refractivity contribution in [2.24, 2.45) is 0 Å². The van der Waals surface area contributed by atoms with Crippen molar-refractivity contribution >= 4 is 29.9 Å². The Morgan fingerprint density at radius 3 is 2.73 bits per heavy atom. The molecule has 2 amide bonds. The molecule has 2 atom stereocenters. The first-order valence-electron chi connectivity index (χ1n) is 6.96. The lowest BCUT2D eigenvalue weighted by Gasteiger charge is -2.29. The minimum Gasteiger partial charge on any atom is -0.375 e. The number of halogens is 1. The standard InChI is InChI=1S/C15H21N3O3.ClH/c1-10-13(16-7-8-21-10)14(19)17-12-6-4-5-11(9-12)15(20)18(2)3;/h4-6,9-10,13,16H,7-8H2,1-3H3,(H,17,19);1H/t10-,13+;/m1./s1. The number of rotatable bonds is 3. The molecule has 0 aromatic heterocycles. The SMILES string of the molecule is C[C@H]1OCCN[C@@H]1C(=O)Nc1cccc(C(=O)N(C)C)c1.Cl. The van der Waals surface area contributed by atoms with Gasteiger partial charge in [-0.05, 0) is 25.1 Å². The van der Waals surface area contributed by atoms with E-state index in [1.807, 2.05) is 6.92 Å². The van der Waals surface area contributed by atoms with Gasteiger partial charge in [0.25, 0.3) is 5.91 Å². The number of hydrogen-bond donors (Lipinski definition) is 2. The monoisotopic (exact) mass is 327 g/mol. The molecule has 0 spiro atoms. The summed E-state index contributed by atoms with van der Waals surface area (Å²) in [5.74, 6) is -0.254. The van der Waals surface area contributed by atoms with Gasteiger partial charge in [0.15, 0.2) is 0 Å². The molecule has 0 unspecified atom stereocenters. The van der Waals surface area contributed by atoms with Crippen LogP contribution in [0.25, 0.3) is 0 Å². The van der Waals surface area contributed by atoms with Crippen LogP contribution < -0.4 is 10.6 Å². The van der Waals surface area contributed by atoms with Gasteiger partial charge in [-0.15, -0.1) is 12.4 Å². The number of nitrogens with one attached hydrogen (secondary N) is 2. The van der Waals surface area contributed by atoms with Crippen LogP contribution in [0.4, 0.5) is 5.69 Å². The van der Waals surface area contributed by atoms with E-state index in [-0.39, 0.29) is 36.4 Å². The van der Waals surface area contributed by atoms with Crippen molar-refractivity contribution in [1.82, 2.24) is 10.2 Å². The molecule has 0 radical (unpaired) electrons. The van der Waals surface area contributed by atoms with Crippen LogP contribution in [0.5, 0.6) is 0 Å². The second-order valence-corrected chi connectivity index (χ2v) is 5.28. The molecule has 22 heavy (non-hydrogen) atoms. The van der Waals surface area contributed by atoms with E-state index in [1.54, 1.807) is 38.4 Å². The molecule has 1 aliphatic rings. The average Bonchev–Trinajstić information content (AvgIpc) is 2.47. The second-order valence-electron chi connectivity index (χ2n) is 5.28. The molecule has 1 aromatic rings. The van der Waals surface area contributed by atoms with Gasteiger partial charge >= 0.3 is 0 Å². The first-order valence-corrected chi connectivity index (χ1v) is 6.96. The zero-order valence-electron chi connectivity index (χ0n) is 13.0. The second kappa shape index (κ2) is 8.12. The Labute approximate surface area is 136 Å². The normalized spacial score (nSPS) is 20.7. The van der Waals surface area contributed by atoms with Crippen molar-refractivity contribution in [3.05, 3.63) is 29.8 Å². The van der Waals surface area contributed by atoms with E-state index in [2.05, 4.69) is 10.6 Å². The van der Waals surface area contributed by atoms with Gasteiger partial charge in [-0.1, -0.05) is 6.07 Å². The van der Waals surface area contributed by atoms with Crippen LogP contribution in [0, 0.1) is 0 Å². The predicted octanol–water partition coefficient (Wildman–Crippen LogP) is 1.13. The zero-order valence-corrected chi connectivity index (χ0v) is 13.8. The summed E-state index contributed by atoms with van der Waals surface area (Å²) < 4.78 is 5.46. The fourth-order valence-electron chi connectivity index (χ4n) is 2.24. The zero-order chi connectivity index (χ0) is 15.4. The Morgan fingerprint density at radius 1 is 1.36 bits per heavy atom. The van der Waals surface area contributed by atoms with E-state index in [4.69, 9.17) is 4.74 Å². The van der Waals surface area contributed by atoms with E-state index >= 15 is 0 Å². The third-order valence-electron chi connectivity index (χ3n) is 3.38. The molecule has 0 bridgehead atoms. The Hall–Kier alpha value is -1.63. The quantitative estimate of drug-likeness (QED) is 0.873. The van der Waals surface area contributed by atoms with Crippen molar-refractivity contribution < 1.29 is 14.3 Å². The average molecular weight is 328 g/mol. The Kier molecular flexibility index (Phi) is 6.80. The molecule has 6 nitrogen and oxygen atoms in total. The number of hydrogen-bond acceptors (Lipinski definition) is 4.